The van der Waals surface area contributed by atoms with Crippen molar-refractivity contribution in [2.45, 2.75) is 32.2 Å². The maximum Gasteiger partial charge on any atom is 0.265 e. The summed E-state index contributed by atoms with van der Waals surface area (Å²) in [6.45, 7) is 0.974. The lowest BCUT2D eigenvalue weighted by atomic mass is 10.2. The summed E-state index contributed by atoms with van der Waals surface area (Å²) < 4.78 is 3.35. The van der Waals surface area contributed by atoms with Gasteiger partial charge in [-0.3, -0.25) is 4.79 Å². The fraction of sp³-hybridized carbons (Fsp3) is 0.227. The van der Waals surface area contributed by atoms with Gasteiger partial charge in [-0.15, -0.1) is 21.5 Å². The number of carbonyl (C=O) groups is 1. The van der Waals surface area contributed by atoms with Crippen LogP contribution in [0.2, 0.25) is 0 Å². The number of nitrogens with one attached hydrogen (secondary N) is 1. The van der Waals surface area contributed by atoms with Crippen molar-refractivity contribution in [1.29, 1.82) is 0 Å². The molecule has 6 heteroatoms. The van der Waals surface area contributed by atoms with Crippen LogP contribution in [0.15, 0.2) is 54.6 Å². The molecule has 1 aliphatic rings. The van der Waals surface area contributed by atoms with E-state index in [0.717, 1.165) is 46.0 Å². The quantitative estimate of drug-likeness (QED) is 0.529. The Morgan fingerprint density at radius 1 is 1.00 bits per heavy atom. The lowest BCUT2D eigenvalue weighted by Gasteiger charge is -2.08. The molecular weight excluding hydrogens is 368 g/mol. The Hall–Kier alpha value is -2.99. The highest BCUT2D eigenvalue weighted by atomic mass is 32.1. The van der Waals surface area contributed by atoms with Crippen molar-refractivity contribution >= 4 is 33.0 Å². The van der Waals surface area contributed by atoms with Crippen LogP contribution < -0.4 is 5.32 Å². The molecule has 2 aromatic carbocycles. The van der Waals surface area contributed by atoms with E-state index in [1.165, 1.54) is 30.6 Å². The van der Waals surface area contributed by atoms with E-state index in [2.05, 4.69) is 20.1 Å². The van der Waals surface area contributed by atoms with E-state index >= 15 is 0 Å². The highest BCUT2D eigenvalue weighted by Crippen LogP contribution is 2.27. The van der Waals surface area contributed by atoms with E-state index < -0.39 is 0 Å². The molecule has 5 nitrogen and oxygen atoms in total. The first-order valence-electron chi connectivity index (χ1n) is 9.60. The van der Waals surface area contributed by atoms with Crippen molar-refractivity contribution in [2.24, 2.45) is 0 Å². The number of thiophene rings is 1. The van der Waals surface area contributed by atoms with E-state index in [4.69, 9.17) is 0 Å². The van der Waals surface area contributed by atoms with Crippen molar-refractivity contribution in [3.05, 3.63) is 65.3 Å². The Morgan fingerprint density at radius 2 is 1.86 bits per heavy atom. The summed E-state index contributed by atoms with van der Waals surface area (Å²) in [5.74, 6) is 1.92. The molecule has 0 bridgehead atoms. The number of aryl methyl sites for hydroxylation is 1. The van der Waals surface area contributed by atoms with Crippen LogP contribution in [-0.2, 0) is 13.0 Å². The molecule has 3 heterocycles. The van der Waals surface area contributed by atoms with Crippen LogP contribution in [0.1, 0.15) is 34.8 Å². The topological polar surface area (TPSA) is 59.8 Å². The zero-order valence-electron chi connectivity index (χ0n) is 15.4. The largest absolute Gasteiger partial charge is 0.321 e. The minimum atomic E-state index is -0.0784. The smallest absolute Gasteiger partial charge is 0.265 e. The number of aromatic nitrogens is 3. The third-order valence-corrected chi connectivity index (χ3v) is 6.27. The number of amides is 1. The molecule has 4 aromatic rings. The van der Waals surface area contributed by atoms with Gasteiger partial charge in [-0.2, -0.15) is 0 Å². The maximum atomic E-state index is 12.6. The fourth-order valence-corrected chi connectivity index (χ4v) is 4.65. The third kappa shape index (κ3) is 3.20. The maximum absolute atomic E-state index is 12.6. The van der Waals surface area contributed by atoms with Gasteiger partial charge in [0.1, 0.15) is 5.82 Å². The van der Waals surface area contributed by atoms with Crippen LogP contribution in [0.4, 0.5) is 5.69 Å². The van der Waals surface area contributed by atoms with E-state index in [1.807, 2.05) is 54.6 Å². The van der Waals surface area contributed by atoms with Gasteiger partial charge in [-0.05, 0) is 54.6 Å². The normalized spacial score (nSPS) is 13.9. The predicted octanol–water partition coefficient (Wildman–Crippen LogP) is 5.14. The first-order chi connectivity index (χ1) is 13.8. The molecule has 0 saturated heterocycles. The molecule has 1 aliphatic heterocycles. The van der Waals surface area contributed by atoms with E-state index in [0.29, 0.717) is 4.88 Å². The van der Waals surface area contributed by atoms with Gasteiger partial charge in [0.05, 0.1) is 4.88 Å². The number of rotatable bonds is 3. The SMILES string of the molecule is O=C(Nc1ccc(-c2nnc3n2CCCCC3)cc1)c1cc2ccccc2s1. The van der Waals surface area contributed by atoms with Crippen LogP contribution in [-0.4, -0.2) is 20.7 Å². The molecule has 1 amide bonds. The minimum absolute atomic E-state index is 0.0784. The lowest BCUT2D eigenvalue weighted by Crippen LogP contribution is -2.10. The first kappa shape index (κ1) is 17.1. The van der Waals surface area contributed by atoms with E-state index in [9.17, 15) is 4.79 Å². The summed E-state index contributed by atoms with van der Waals surface area (Å²) in [5.41, 5.74) is 1.81. The van der Waals surface area contributed by atoms with Crippen LogP contribution in [0.3, 0.4) is 0 Å². The molecule has 0 unspecified atom stereocenters. The summed E-state index contributed by atoms with van der Waals surface area (Å²) in [6.07, 6.45) is 4.59. The molecule has 1 N–H and O–H groups in total. The molecule has 28 heavy (non-hydrogen) atoms. The zero-order chi connectivity index (χ0) is 18.9. The van der Waals surface area contributed by atoms with Gasteiger partial charge in [0.2, 0.25) is 0 Å². The lowest BCUT2D eigenvalue weighted by molar-refractivity contribution is 0.103. The Labute approximate surface area is 167 Å². The highest BCUT2D eigenvalue weighted by Gasteiger charge is 2.16. The summed E-state index contributed by atoms with van der Waals surface area (Å²) in [5, 5.41) is 12.9. The second-order valence-corrected chi connectivity index (χ2v) is 8.17. The van der Waals surface area contributed by atoms with Crippen LogP contribution in [0.5, 0.6) is 0 Å². The highest BCUT2D eigenvalue weighted by molar-refractivity contribution is 7.20. The van der Waals surface area contributed by atoms with Crippen molar-refractivity contribution in [2.75, 3.05) is 5.32 Å². The predicted molar refractivity (Wildman–Crippen MR) is 113 cm³/mol. The molecule has 0 radical (unpaired) electrons. The molecule has 140 valence electrons. The Kier molecular flexibility index (Phi) is 4.41. The summed E-state index contributed by atoms with van der Waals surface area (Å²) >= 11 is 1.51. The van der Waals surface area contributed by atoms with Gasteiger partial charge in [-0.25, -0.2) is 0 Å². The number of nitrogens with zero attached hydrogens (tertiary/aromatic N) is 3. The molecule has 5 rings (SSSR count). The Balaban J connectivity index is 1.35. The number of hydrogen-bond donors (Lipinski definition) is 1. The fourth-order valence-electron chi connectivity index (χ4n) is 3.69. The van der Waals surface area contributed by atoms with Crippen molar-refractivity contribution in [1.82, 2.24) is 14.8 Å². The van der Waals surface area contributed by atoms with Crippen LogP contribution >= 0.6 is 11.3 Å². The van der Waals surface area contributed by atoms with Gasteiger partial charge in [0.25, 0.3) is 5.91 Å². The number of anilines is 1. The second kappa shape index (κ2) is 7.20. The van der Waals surface area contributed by atoms with Gasteiger partial charge < -0.3 is 9.88 Å². The number of fused-ring (bicyclic) bond motifs is 2. The standard InChI is InChI=1S/C22H20N4OS/c27-22(19-14-16-6-3-4-7-18(16)28-19)23-17-11-9-15(10-12-17)21-25-24-20-8-2-1-5-13-26(20)21/h3-4,6-7,9-12,14H,1-2,5,8,13H2,(H,23,27). The second-order valence-electron chi connectivity index (χ2n) is 7.08. The van der Waals surface area contributed by atoms with Crippen molar-refractivity contribution in [3.63, 3.8) is 0 Å². The number of carbonyl (C=O) groups excluding carboxylic acids is 1. The molecular formula is C22H20N4OS. The summed E-state index contributed by atoms with van der Waals surface area (Å²) in [4.78, 5) is 13.3. The van der Waals surface area contributed by atoms with Gasteiger partial charge in [-0.1, -0.05) is 24.6 Å². The van der Waals surface area contributed by atoms with Crippen LogP contribution in [0, 0.1) is 0 Å². The number of benzene rings is 2. The molecule has 0 saturated carbocycles. The summed E-state index contributed by atoms with van der Waals surface area (Å²) in [6, 6.07) is 17.8. The third-order valence-electron chi connectivity index (χ3n) is 5.16. The Bertz CT molecular complexity index is 1110. The minimum Gasteiger partial charge on any atom is -0.321 e. The zero-order valence-corrected chi connectivity index (χ0v) is 16.2. The van der Waals surface area contributed by atoms with Crippen molar-refractivity contribution < 1.29 is 4.79 Å². The summed E-state index contributed by atoms with van der Waals surface area (Å²) in [7, 11) is 0. The van der Waals surface area contributed by atoms with Crippen LogP contribution in [0.25, 0.3) is 21.5 Å². The molecule has 2 aromatic heterocycles. The van der Waals surface area contributed by atoms with E-state index in [-0.39, 0.29) is 5.91 Å². The molecule has 0 fully saturated rings. The number of hydrogen-bond acceptors (Lipinski definition) is 4. The first-order valence-corrected chi connectivity index (χ1v) is 10.4. The Morgan fingerprint density at radius 3 is 2.71 bits per heavy atom. The molecule has 0 spiro atoms. The van der Waals surface area contributed by atoms with E-state index in [1.54, 1.807) is 0 Å². The molecule has 0 atom stereocenters. The monoisotopic (exact) mass is 388 g/mol. The average Bonchev–Trinajstić information content (AvgIpc) is 3.26. The van der Waals surface area contributed by atoms with Crippen molar-refractivity contribution in [3.8, 4) is 11.4 Å². The molecule has 0 aliphatic carbocycles. The average molecular weight is 388 g/mol. The van der Waals surface area contributed by atoms with Gasteiger partial charge in [0, 0.05) is 28.9 Å². The van der Waals surface area contributed by atoms with Gasteiger partial charge >= 0.3 is 0 Å². The van der Waals surface area contributed by atoms with Gasteiger partial charge in [0.15, 0.2) is 5.82 Å².